The number of nitrogens with zero attached hydrogens (tertiary/aromatic N) is 4. The van der Waals surface area contributed by atoms with Crippen LogP contribution in [0.3, 0.4) is 0 Å². The van der Waals surface area contributed by atoms with E-state index in [4.69, 9.17) is 15.2 Å². The number of carbonyl (C=O) groups excluding carboxylic acids is 1. The number of aliphatic hydroxyl groups excluding tert-OH is 1. The molecule has 1 atom stereocenters. The molecule has 10 heteroatoms. The molecule has 0 aliphatic rings. The molecule has 3 rings (SSSR count). The summed E-state index contributed by atoms with van der Waals surface area (Å²) in [4.78, 5) is 22.7. The highest BCUT2D eigenvalue weighted by Crippen LogP contribution is 2.32. The fourth-order valence-corrected chi connectivity index (χ4v) is 4.37. The first kappa shape index (κ1) is 32.6. The Morgan fingerprint density at radius 3 is 2.50 bits per heavy atom. The number of carbonyl (C=O) groups is 1. The quantitative estimate of drug-likeness (QED) is 0.300. The molecule has 1 aromatic carbocycles. The molecular formula is C32H44FN5O4. The summed E-state index contributed by atoms with van der Waals surface area (Å²) in [6.07, 6.45) is 2.68. The molecule has 3 N–H and O–H groups in total. The van der Waals surface area contributed by atoms with Crippen LogP contribution in [0, 0.1) is 11.2 Å². The van der Waals surface area contributed by atoms with Crippen molar-refractivity contribution in [3.8, 4) is 16.9 Å². The van der Waals surface area contributed by atoms with Crippen LogP contribution in [0.1, 0.15) is 60.6 Å². The topological polar surface area (TPSA) is 115 Å². The third-order valence-electron chi connectivity index (χ3n) is 6.79. The summed E-state index contributed by atoms with van der Waals surface area (Å²) in [5.41, 5.74) is 10.0. The SMILES string of the molecule is CN=C(C)C(CCOc1cc(F)ccc1-c1ccc2ncc(CN(C)C(=O)OC(C)(C)C)n2c1)=C(N)C(O)C(C)(C)C. The van der Waals surface area contributed by atoms with Gasteiger partial charge in [-0.05, 0) is 62.9 Å². The predicted molar refractivity (Wildman–Crippen MR) is 164 cm³/mol. The number of benzene rings is 1. The van der Waals surface area contributed by atoms with Crippen LogP contribution in [0.15, 0.2) is 59.0 Å². The van der Waals surface area contributed by atoms with Gasteiger partial charge in [-0.3, -0.25) is 4.99 Å². The average molecular weight is 582 g/mol. The number of aromatic nitrogens is 2. The van der Waals surface area contributed by atoms with Gasteiger partial charge in [0, 0.05) is 55.3 Å². The number of halogens is 1. The lowest BCUT2D eigenvalue weighted by molar-refractivity contribution is 0.0282. The van der Waals surface area contributed by atoms with Crippen molar-refractivity contribution in [3.63, 3.8) is 0 Å². The Labute approximate surface area is 247 Å². The minimum atomic E-state index is -0.862. The number of fused-ring (bicyclic) bond motifs is 1. The number of imidazole rings is 1. The Hall–Kier alpha value is -3.92. The van der Waals surface area contributed by atoms with E-state index in [0.29, 0.717) is 40.4 Å². The molecule has 1 amide bonds. The van der Waals surface area contributed by atoms with Crippen LogP contribution in [-0.4, -0.2) is 63.6 Å². The number of nitrogens with two attached hydrogens (primary N) is 1. The summed E-state index contributed by atoms with van der Waals surface area (Å²) < 4.78 is 27.9. The molecule has 0 saturated heterocycles. The van der Waals surface area contributed by atoms with Gasteiger partial charge in [-0.2, -0.15) is 0 Å². The normalized spacial score (nSPS) is 14.0. The third kappa shape index (κ3) is 8.09. The molecule has 0 bridgehead atoms. The second-order valence-corrected chi connectivity index (χ2v) is 12.5. The molecule has 0 saturated carbocycles. The number of aliphatic hydroxyl groups is 1. The van der Waals surface area contributed by atoms with E-state index in [0.717, 1.165) is 11.3 Å². The van der Waals surface area contributed by atoms with Crippen LogP contribution in [0.4, 0.5) is 9.18 Å². The lowest BCUT2D eigenvalue weighted by Crippen LogP contribution is -2.34. The van der Waals surface area contributed by atoms with Crippen LogP contribution >= 0.6 is 0 Å². The first-order valence-electron chi connectivity index (χ1n) is 13.9. The number of pyridine rings is 1. The fraction of sp³-hybridized carbons (Fsp3) is 0.469. The van der Waals surface area contributed by atoms with Crippen LogP contribution < -0.4 is 10.5 Å². The van der Waals surface area contributed by atoms with E-state index >= 15 is 0 Å². The van der Waals surface area contributed by atoms with Gasteiger partial charge in [0.05, 0.1) is 31.1 Å². The van der Waals surface area contributed by atoms with E-state index in [2.05, 4.69) is 9.98 Å². The zero-order chi connectivity index (χ0) is 31.4. The smallest absolute Gasteiger partial charge is 0.410 e. The van der Waals surface area contributed by atoms with Gasteiger partial charge in [-0.25, -0.2) is 14.2 Å². The van der Waals surface area contributed by atoms with Crippen molar-refractivity contribution in [1.29, 1.82) is 0 Å². The molecule has 1 unspecified atom stereocenters. The molecule has 2 heterocycles. The van der Waals surface area contributed by atoms with Crippen molar-refractivity contribution in [3.05, 3.63) is 65.5 Å². The van der Waals surface area contributed by atoms with Gasteiger partial charge < -0.3 is 29.6 Å². The highest BCUT2D eigenvalue weighted by Gasteiger charge is 2.27. The first-order chi connectivity index (χ1) is 19.5. The summed E-state index contributed by atoms with van der Waals surface area (Å²) in [6, 6.07) is 8.15. The third-order valence-corrected chi connectivity index (χ3v) is 6.79. The monoisotopic (exact) mass is 581 g/mol. The van der Waals surface area contributed by atoms with Gasteiger partial charge in [0.2, 0.25) is 0 Å². The van der Waals surface area contributed by atoms with Gasteiger partial charge in [-0.15, -0.1) is 0 Å². The summed E-state index contributed by atoms with van der Waals surface area (Å²) >= 11 is 0. The first-order valence-corrected chi connectivity index (χ1v) is 13.9. The maximum Gasteiger partial charge on any atom is 0.410 e. The highest BCUT2D eigenvalue weighted by molar-refractivity contribution is 5.98. The molecule has 42 heavy (non-hydrogen) atoms. The second kappa shape index (κ2) is 12.9. The van der Waals surface area contributed by atoms with Crippen molar-refractivity contribution in [2.24, 2.45) is 16.1 Å². The van der Waals surface area contributed by atoms with Crippen molar-refractivity contribution in [1.82, 2.24) is 14.3 Å². The van der Waals surface area contributed by atoms with Gasteiger partial charge >= 0.3 is 6.09 Å². The van der Waals surface area contributed by atoms with Crippen molar-refractivity contribution < 1.29 is 23.8 Å². The molecule has 3 aromatic rings. The standard InChI is InChI=1S/C32H44FN5O4/c1-20(35-8)24(28(34)29(39)31(2,3)4)14-15-41-26-16-22(33)11-12-25(26)21-10-13-27-36-17-23(38(27)18-21)19-37(9)30(40)42-32(5,6)7/h10-13,16-18,29,39H,14-15,19,34H2,1-9H3. The lowest BCUT2D eigenvalue weighted by atomic mass is 9.85. The number of amides is 1. The van der Waals surface area contributed by atoms with Crippen LogP contribution in [-0.2, 0) is 11.3 Å². The van der Waals surface area contributed by atoms with Gasteiger partial charge in [-0.1, -0.05) is 20.8 Å². The van der Waals surface area contributed by atoms with E-state index < -0.39 is 29.0 Å². The second-order valence-electron chi connectivity index (χ2n) is 12.5. The van der Waals surface area contributed by atoms with Crippen LogP contribution in [0.25, 0.3) is 16.8 Å². The zero-order valence-corrected chi connectivity index (χ0v) is 26.2. The number of hydrogen-bond acceptors (Lipinski definition) is 7. The Kier molecular flexibility index (Phi) is 10.0. The maximum absolute atomic E-state index is 14.4. The maximum atomic E-state index is 14.4. The summed E-state index contributed by atoms with van der Waals surface area (Å²) in [7, 11) is 3.34. The van der Waals surface area contributed by atoms with Crippen molar-refractivity contribution >= 4 is 17.5 Å². The molecule has 0 aliphatic carbocycles. The molecule has 0 radical (unpaired) electrons. The number of aliphatic imine (C=N–C) groups is 1. The molecule has 9 nitrogen and oxygen atoms in total. The molecule has 0 spiro atoms. The molecule has 0 fully saturated rings. The number of ether oxygens (including phenoxy) is 2. The Bertz CT molecular complexity index is 1480. The van der Waals surface area contributed by atoms with Gasteiger partial charge in [0.15, 0.2) is 0 Å². The predicted octanol–water partition coefficient (Wildman–Crippen LogP) is 5.99. The molecular weight excluding hydrogens is 537 g/mol. The average Bonchev–Trinajstić information content (AvgIpc) is 3.30. The van der Waals surface area contributed by atoms with Crippen molar-refractivity contribution in [2.75, 3.05) is 20.7 Å². The molecule has 2 aromatic heterocycles. The molecule has 228 valence electrons. The largest absolute Gasteiger partial charge is 0.492 e. The Morgan fingerprint density at radius 2 is 1.88 bits per heavy atom. The van der Waals surface area contributed by atoms with E-state index in [9.17, 15) is 14.3 Å². The van der Waals surface area contributed by atoms with Gasteiger partial charge in [0.25, 0.3) is 0 Å². The van der Waals surface area contributed by atoms with E-state index in [-0.39, 0.29) is 13.2 Å². The van der Waals surface area contributed by atoms with Gasteiger partial charge in [0.1, 0.15) is 22.8 Å². The lowest BCUT2D eigenvalue weighted by Gasteiger charge is -2.28. The summed E-state index contributed by atoms with van der Waals surface area (Å²) in [5.74, 6) is -0.0656. The zero-order valence-electron chi connectivity index (χ0n) is 26.2. The minimum Gasteiger partial charge on any atom is -0.492 e. The summed E-state index contributed by atoms with van der Waals surface area (Å²) in [5, 5.41) is 10.8. The van der Waals surface area contributed by atoms with Crippen molar-refractivity contribution in [2.45, 2.75) is 73.1 Å². The minimum absolute atomic E-state index is 0.190. The fourth-order valence-electron chi connectivity index (χ4n) is 4.37. The van der Waals surface area contributed by atoms with E-state index in [1.165, 1.54) is 17.0 Å². The summed E-state index contributed by atoms with van der Waals surface area (Å²) in [6.45, 7) is 13.5. The Morgan fingerprint density at radius 1 is 1.19 bits per heavy atom. The molecule has 0 aliphatic heterocycles. The van der Waals surface area contributed by atoms with Crippen LogP contribution in [0.5, 0.6) is 5.75 Å². The number of rotatable bonds is 9. The number of hydrogen-bond donors (Lipinski definition) is 2. The van der Waals surface area contributed by atoms with E-state index in [1.807, 2.05) is 71.2 Å². The Balaban J connectivity index is 1.89. The highest BCUT2D eigenvalue weighted by atomic mass is 19.1. The van der Waals surface area contributed by atoms with E-state index in [1.54, 1.807) is 26.4 Å². The van der Waals surface area contributed by atoms with Crippen LogP contribution in [0.2, 0.25) is 0 Å².